The van der Waals surface area contributed by atoms with Crippen LogP contribution in [0.2, 0.25) is 0 Å². The lowest BCUT2D eigenvalue weighted by Crippen LogP contribution is -2.50. The van der Waals surface area contributed by atoms with Crippen molar-refractivity contribution >= 4 is 15.9 Å². The molecule has 0 bridgehead atoms. The minimum atomic E-state index is -3.13. The zero-order valence-electron chi connectivity index (χ0n) is 15.9. The molecule has 1 saturated heterocycles. The van der Waals surface area contributed by atoms with Crippen LogP contribution in [-0.2, 0) is 10.0 Å². The Hall–Kier alpha value is -2.37. The number of piperazine rings is 1. The first-order valence-corrected chi connectivity index (χ1v) is 10.9. The van der Waals surface area contributed by atoms with Gasteiger partial charge >= 0.3 is 0 Å². The van der Waals surface area contributed by atoms with Crippen LogP contribution in [0.3, 0.4) is 0 Å². The summed E-state index contributed by atoms with van der Waals surface area (Å²) in [6.07, 6.45) is 5.22. The van der Waals surface area contributed by atoms with Crippen LogP contribution in [0.15, 0.2) is 31.0 Å². The maximum Gasteiger partial charge on any atom is 0.252 e. The molecule has 1 amide bonds. The normalized spacial score (nSPS) is 16.2. The molecule has 2 aromatic rings. The number of amides is 1. The molecule has 1 aliphatic heterocycles. The lowest BCUT2D eigenvalue weighted by Gasteiger charge is -2.33. The molecular weight excluding hydrogens is 382 g/mol. The average molecular weight is 408 g/mol. The number of carbonyl (C=O) groups excluding carboxylic acids is 1. The number of pyridine rings is 1. The number of nitrogens with zero attached hydrogens (tertiary/aromatic N) is 6. The average Bonchev–Trinajstić information content (AvgIpc) is 3.23. The van der Waals surface area contributed by atoms with Gasteiger partial charge in [0.05, 0.1) is 11.3 Å². The molecule has 1 N–H and O–H groups in total. The van der Waals surface area contributed by atoms with Gasteiger partial charge in [0.25, 0.3) is 5.91 Å². The first-order chi connectivity index (χ1) is 13.5. The molecule has 3 rings (SSSR count). The second-order valence-electron chi connectivity index (χ2n) is 6.59. The van der Waals surface area contributed by atoms with Crippen LogP contribution < -0.4 is 5.32 Å². The van der Waals surface area contributed by atoms with E-state index in [1.807, 2.05) is 6.92 Å². The van der Waals surface area contributed by atoms with E-state index in [1.165, 1.54) is 18.9 Å². The molecule has 28 heavy (non-hydrogen) atoms. The molecule has 0 unspecified atom stereocenters. The van der Waals surface area contributed by atoms with Crippen molar-refractivity contribution in [1.82, 2.24) is 34.3 Å². The highest BCUT2D eigenvalue weighted by Gasteiger charge is 2.25. The van der Waals surface area contributed by atoms with Crippen LogP contribution in [0, 0.1) is 0 Å². The van der Waals surface area contributed by atoms with Crippen molar-refractivity contribution in [2.24, 2.45) is 0 Å². The fourth-order valence-electron chi connectivity index (χ4n) is 3.04. The zero-order chi connectivity index (χ0) is 20.0. The van der Waals surface area contributed by atoms with Crippen LogP contribution >= 0.6 is 0 Å². The summed E-state index contributed by atoms with van der Waals surface area (Å²) in [5, 5.41) is 10.3. The van der Waals surface area contributed by atoms with Gasteiger partial charge in [-0.05, 0) is 18.6 Å². The molecule has 0 spiro atoms. The van der Waals surface area contributed by atoms with Crippen molar-refractivity contribution in [2.45, 2.75) is 13.3 Å². The van der Waals surface area contributed by atoms with E-state index in [0.717, 1.165) is 0 Å². The summed E-state index contributed by atoms with van der Waals surface area (Å²) in [4.78, 5) is 18.6. The number of rotatable bonds is 8. The lowest BCUT2D eigenvalue weighted by atomic mass is 10.2. The van der Waals surface area contributed by atoms with Crippen LogP contribution in [0.1, 0.15) is 23.7 Å². The maximum atomic E-state index is 12.3. The van der Waals surface area contributed by atoms with E-state index in [4.69, 9.17) is 0 Å². The first-order valence-electron chi connectivity index (χ1n) is 9.29. The topological polar surface area (TPSA) is 113 Å². The predicted molar refractivity (Wildman–Crippen MR) is 104 cm³/mol. The van der Waals surface area contributed by atoms with Crippen molar-refractivity contribution in [1.29, 1.82) is 0 Å². The molecule has 0 aromatic carbocycles. The van der Waals surface area contributed by atoms with Crippen LogP contribution in [-0.4, -0.2) is 88.3 Å². The van der Waals surface area contributed by atoms with Gasteiger partial charge in [0.1, 0.15) is 18.5 Å². The monoisotopic (exact) mass is 407 g/mol. The van der Waals surface area contributed by atoms with Crippen LogP contribution in [0.25, 0.3) is 5.82 Å². The summed E-state index contributed by atoms with van der Waals surface area (Å²) in [5.74, 6) is 0.650. The molecule has 3 heterocycles. The van der Waals surface area contributed by atoms with Gasteiger partial charge in [0.15, 0.2) is 0 Å². The second-order valence-corrected chi connectivity index (χ2v) is 8.68. The SMILES string of the molecule is CCCS(=O)(=O)N1CCN(CCNC(=O)c2ccc(-n3cnnc3)nc2)CC1. The van der Waals surface area contributed by atoms with Crippen molar-refractivity contribution in [3.8, 4) is 5.82 Å². The standard InChI is InChI=1S/C17H25N7O3S/c1-2-11-28(26,27)24-9-7-22(8-10-24)6-5-18-17(25)15-3-4-16(19-12-15)23-13-20-21-14-23/h3-4,12-14H,2,5-11H2,1H3,(H,18,25). The molecular formula is C17H25N7O3S. The quantitative estimate of drug-likeness (QED) is 0.642. The Morgan fingerprint density at radius 3 is 2.46 bits per heavy atom. The number of sulfonamides is 1. The molecule has 1 aliphatic rings. The Balaban J connectivity index is 1.41. The van der Waals surface area contributed by atoms with E-state index in [2.05, 4.69) is 25.4 Å². The van der Waals surface area contributed by atoms with Crippen molar-refractivity contribution in [3.05, 3.63) is 36.5 Å². The molecule has 11 heteroatoms. The second kappa shape index (κ2) is 9.22. The molecule has 0 aliphatic carbocycles. The first kappa shape index (κ1) is 20.4. The summed E-state index contributed by atoms with van der Waals surface area (Å²) < 4.78 is 27.4. The van der Waals surface area contributed by atoms with Gasteiger partial charge in [-0.2, -0.15) is 4.31 Å². The van der Waals surface area contributed by atoms with Crippen LogP contribution in [0.4, 0.5) is 0 Å². The highest BCUT2D eigenvalue weighted by atomic mass is 32.2. The molecule has 0 atom stereocenters. The summed E-state index contributed by atoms with van der Waals surface area (Å²) >= 11 is 0. The van der Waals surface area contributed by atoms with E-state index in [0.29, 0.717) is 57.1 Å². The van der Waals surface area contributed by atoms with Gasteiger partial charge in [-0.3, -0.25) is 14.3 Å². The van der Waals surface area contributed by atoms with Crippen molar-refractivity contribution in [2.75, 3.05) is 45.0 Å². The third-order valence-corrected chi connectivity index (χ3v) is 6.67. The summed E-state index contributed by atoms with van der Waals surface area (Å²) in [7, 11) is -3.13. The Morgan fingerprint density at radius 1 is 1.14 bits per heavy atom. The summed E-state index contributed by atoms with van der Waals surface area (Å²) in [6.45, 7) is 5.40. The van der Waals surface area contributed by atoms with Gasteiger partial charge in [-0.1, -0.05) is 6.92 Å². The van der Waals surface area contributed by atoms with Crippen molar-refractivity contribution in [3.63, 3.8) is 0 Å². The smallest absolute Gasteiger partial charge is 0.252 e. The predicted octanol–water partition coefficient (Wildman–Crippen LogP) is -0.250. The third-order valence-electron chi connectivity index (χ3n) is 4.59. The van der Waals surface area contributed by atoms with Crippen molar-refractivity contribution < 1.29 is 13.2 Å². The molecule has 10 nitrogen and oxygen atoms in total. The highest BCUT2D eigenvalue weighted by molar-refractivity contribution is 7.89. The molecule has 0 radical (unpaired) electrons. The van der Waals surface area contributed by atoms with E-state index >= 15 is 0 Å². The number of hydrogen-bond donors (Lipinski definition) is 1. The Bertz CT molecular complexity index is 861. The van der Waals surface area contributed by atoms with Crippen LogP contribution in [0.5, 0.6) is 0 Å². The van der Waals surface area contributed by atoms with Gasteiger partial charge in [0, 0.05) is 45.5 Å². The summed E-state index contributed by atoms with van der Waals surface area (Å²) in [5.41, 5.74) is 0.479. The number of nitrogens with one attached hydrogen (secondary N) is 1. The molecule has 0 saturated carbocycles. The van der Waals surface area contributed by atoms with Gasteiger partial charge in [-0.15, -0.1) is 10.2 Å². The molecule has 152 valence electrons. The van der Waals surface area contributed by atoms with E-state index in [1.54, 1.807) is 21.0 Å². The lowest BCUT2D eigenvalue weighted by molar-refractivity contribution is 0.0944. The molecule has 2 aromatic heterocycles. The fourth-order valence-corrected chi connectivity index (χ4v) is 4.53. The zero-order valence-corrected chi connectivity index (χ0v) is 16.7. The summed E-state index contributed by atoms with van der Waals surface area (Å²) in [6, 6.07) is 3.43. The highest BCUT2D eigenvalue weighted by Crippen LogP contribution is 2.09. The number of hydrogen-bond acceptors (Lipinski definition) is 7. The third kappa shape index (κ3) is 5.12. The number of carbonyl (C=O) groups is 1. The minimum Gasteiger partial charge on any atom is -0.351 e. The molecule has 1 fully saturated rings. The Kier molecular flexibility index (Phi) is 6.70. The number of aromatic nitrogens is 4. The Morgan fingerprint density at radius 2 is 1.86 bits per heavy atom. The van der Waals surface area contributed by atoms with Gasteiger partial charge < -0.3 is 5.32 Å². The van der Waals surface area contributed by atoms with E-state index in [9.17, 15) is 13.2 Å². The Labute approximate surface area is 164 Å². The van der Waals surface area contributed by atoms with Gasteiger partial charge in [-0.25, -0.2) is 13.4 Å². The maximum absolute atomic E-state index is 12.3. The van der Waals surface area contributed by atoms with E-state index in [-0.39, 0.29) is 11.7 Å². The minimum absolute atomic E-state index is 0.188. The van der Waals surface area contributed by atoms with E-state index < -0.39 is 10.0 Å². The van der Waals surface area contributed by atoms with Gasteiger partial charge in [0.2, 0.25) is 10.0 Å². The fraction of sp³-hybridized carbons (Fsp3) is 0.529. The largest absolute Gasteiger partial charge is 0.351 e.